The Labute approximate surface area is 65.3 Å². The third-order valence-corrected chi connectivity index (χ3v) is 0.736. The Morgan fingerprint density at radius 1 is 0.636 bits per heavy atom. The Hall–Kier alpha value is -0.240. The monoisotopic (exact) mass is 166 g/mol. The quantitative estimate of drug-likeness (QED) is 0.346. The van der Waals surface area contributed by atoms with Crippen LogP contribution in [0, 0.1) is 0 Å². The van der Waals surface area contributed by atoms with Gasteiger partial charge in [0.05, 0.1) is 13.5 Å². The molecular formula is C5H14N2O4. The fraction of sp³-hybridized carbons (Fsp3) is 1.00. The minimum Gasteiger partial charge on any atom is -0.340 e. The zero-order valence-electron chi connectivity index (χ0n) is 6.32. The van der Waals surface area contributed by atoms with Crippen molar-refractivity contribution < 1.29 is 18.9 Å². The van der Waals surface area contributed by atoms with E-state index in [4.69, 9.17) is 20.9 Å². The number of hydrogen-bond acceptors (Lipinski definition) is 6. The summed E-state index contributed by atoms with van der Waals surface area (Å²) in [7, 11) is 0. The molecule has 0 fully saturated rings. The first-order valence-electron chi connectivity index (χ1n) is 3.13. The summed E-state index contributed by atoms with van der Waals surface area (Å²) in [4.78, 5) is 0. The van der Waals surface area contributed by atoms with E-state index in [9.17, 15) is 0 Å². The van der Waals surface area contributed by atoms with Gasteiger partial charge in [0.2, 0.25) is 0 Å². The van der Waals surface area contributed by atoms with E-state index in [-0.39, 0.29) is 33.8 Å². The van der Waals surface area contributed by atoms with Gasteiger partial charge in [0, 0.05) is 0 Å². The first-order valence-corrected chi connectivity index (χ1v) is 3.13. The second-order valence-electron chi connectivity index (χ2n) is 1.50. The van der Waals surface area contributed by atoms with Gasteiger partial charge < -0.3 is 30.4 Å². The highest BCUT2D eigenvalue weighted by Crippen LogP contribution is 1.79. The van der Waals surface area contributed by atoms with Crippen LogP contribution in [0.5, 0.6) is 0 Å². The van der Waals surface area contributed by atoms with Crippen LogP contribution in [0.4, 0.5) is 0 Å². The molecule has 0 rings (SSSR count). The molecular weight excluding hydrogens is 152 g/mol. The van der Waals surface area contributed by atoms with Gasteiger partial charge in [0.25, 0.3) is 0 Å². The maximum Gasteiger partial charge on any atom is 0.152 e. The molecule has 0 saturated carbocycles. The molecule has 6 nitrogen and oxygen atoms in total. The molecule has 11 heavy (non-hydrogen) atoms. The van der Waals surface area contributed by atoms with Crippen molar-refractivity contribution >= 4 is 0 Å². The molecule has 0 unspecified atom stereocenters. The molecule has 0 radical (unpaired) electrons. The van der Waals surface area contributed by atoms with Crippen LogP contribution in [0.25, 0.3) is 0 Å². The third-order valence-electron chi connectivity index (χ3n) is 0.736. The van der Waals surface area contributed by atoms with Crippen LogP contribution in [0.2, 0.25) is 0 Å². The Kier molecular flexibility index (Phi) is 9.55. The lowest BCUT2D eigenvalue weighted by molar-refractivity contribution is -0.168. The van der Waals surface area contributed by atoms with E-state index in [1.807, 2.05) is 0 Å². The van der Waals surface area contributed by atoms with E-state index < -0.39 is 0 Å². The van der Waals surface area contributed by atoms with Crippen molar-refractivity contribution in [2.24, 2.45) is 11.5 Å². The molecule has 0 spiro atoms. The van der Waals surface area contributed by atoms with Crippen LogP contribution in [0.1, 0.15) is 0 Å². The normalized spacial score (nSPS) is 10.4. The van der Waals surface area contributed by atoms with E-state index in [1.54, 1.807) is 0 Å². The summed E-state index contributed by atoms with van der Waals surface area (Å²) in [5, 5.41) is 0. The molecule has 0 amide bonds. The Morgan fingerprint density at radius 3 is 1.36 bits per heavy atom. The predicted molar refractivity (Wildman–Crippen MR) is 37.0 cm³/mol. The summed E-state index contributed by atoms with van der Waals surface area (Å²) < 4.78 is 18.9. The average molecular weight is 166 g/mol. The fourth-order valence-electron chi connectivity index (χ4n) is 0.341. The van der Waals surface area contributed by atoms with Crippen LogP contribution in [0.3, 0.4) is 0 Å². The lowest BCUT2D eigenvalue weighted by atomic mass is 11.2. The van der Waals surface area contributed by atoms with Crippen molar-refractivity contribution in [2.45, 2.75) is 0 Å². The van der Waals surface area contributed by atoms with Gasteiger partial charge in [-0.15, -0.1) is 0 Å². The summed E-state index contributed by atoms with van der Waals surface area (Å²) in [5.41, 5.74) is 10.0. The summed E-state index contributed by atoms with van der Waals surface area (Å²) in [6.07, 6.45) is 0. The smallest absolute Gasteiger partial charge is 0.152 e. The maximum absolute atomic E-state index is 5.01. The van der Waals surface area contributed by atoms with Crippen molar-refractivity contribution in [3.8, 4) is 0 Å². The van der Waals surface area contributed by atoms with Gasteiger partial charge in [0.1, 0.15) is 0 Å². The summed E-state index contributed by atoms with van der Waals surface area (Å²) in [6.45, 7) is 0.636. The summed E-state index contributed by atoms with van der Waals surface area (Å²) in [6, 6.07) is 0. The molecule has 0 saturated heterocycles. The van der Waals surface area contributed by atoms with Crippen molar-refractivity contribution in [1.29, 1.82) is 0 Å². The lowest BCUT2D eigenvalue weighted by Gasteiger charge is -2.04. The molecule has 0 heterocycles. The van der Waals surface area contributed by atoms with Gasteiger partial charge >= 0.3 is 0 Å². The largest absolute Gasteiger partial charge is 0.340 e. The Morgan fingerprint density at radius 2 is 1.00 bits per heavy atom. The summed E-state index contributed by atoms with van der Waals surface area (Å²) in [5.74, 6) is 0. The van der Waals surface area contributed by atoms with Crippen LogP contribution >= 0.6 is 0 Å². The molecule has 68 valence electrons. The van der Waals surface area contributed by atoms with E-state index in [0.717, 1.165) is 0 Å². The van der Waals surface area contributed by atoms with Gasteiger partial charge in [-0.25, -0.2) is 0 Å². The van der Waals surface area contributed by atoms with Crippen molar-refractivity contribution in [3.05, 3.63) is 0 Å². The number of nitrogens with two attached hydrogens (primary N) is 2. The second-order valence-corrected chi connectivity index (χ2v) is 1.50. The molecule has 0 aliphatic heterocycles. The van der Waals surface area contributed by atoms with Gasteiger partial charge in [-0.1, -0.05) is 0 Å². The standard InChI is InChI=1S/C5H14N2O4/c6-1-8-3-10-5-11-4-9-2-7/h1-7H2. The first kappa shape index (κ1) is 10.8. The van der Waals surface area contributed by atoms with Gasteiger partial charge in [-0.3, -0.25) is 0 Å². The van der Waals surface area contributed by atoms with E-state index in [1.165, 1.54) is 0 Å². The van der Waals surface area contributed by atoms with E-state index >= 15 is 0 Å². The number of hydrogen-bond donors (Lipinski definition) is 2. The molecule has 6 heteroatoms. The minimum absolute atomic E-state index is 0.111. The van der Waals surface area contributed by atoms with Crippen LogP contribution < -0.4 is 11.5 Å². The minimum atomic E-state index is 0.111. The SMILES string of the molecule is NCOCOCOCOCN. The average Bonchev–Trinajstić information content (AvgIpc) is 2.03. The highest BCUT2D eigenvalue weighted by Gasteiger charge is 1.86. The zero-order chi connectivity index (χ0) is 8.36. The number of ether oxygens (including phenoxy) is 4. The van der Waals surface area contributed by atoms with Crippen molar-refractivity contribution in [3.63, 3.8) is 0 Å². The molecule has 0 bridgehead atoms. The molecule has 4 N–H and O–H groups in total. The zero-order valence-corrected chi connectivity index (χ0v) is 6.32. The van der Waals surface area contributed by atoms with E-state index in [0.29, 0.717) is 0 Å². The predicted octanol–water partition coefficient (Wildman–Crippen LogP) is -1.24. The van der Waals surface area contributed by atoms with Gasteiger partial charge in [0.15, 0.2) is 20.4 Å². The van der Waals surface area contributed by atoms with Crippen molar-refractivity contribution in [1.82, 2.24) is 0 Å². The summed E-state index contributed by atoms with van der Waals surface area (Å²) >= 11 is 0. The molecule has 0 aromatic heterocycles. The Bertz CT molecular complexity index is 65.5. The lowest BCUT2D eigenvalue weighted by Crippen LogP contribution is -2.12. The highest BCUT2D eigenvalue weighted by molar-refractivity contribution is 4.07. The molecule has 0 atom stereocenters. The second kappa shape index (κ2) is 9.76. The molecule has 0 aliphatic carbocycles. The molecule has 0 aromatic carbocycles. The molecule has 0 aromatic rings. The van der Waals surface area contributed by atoms with Gasteiger partial charge in [-0.2, -0.15) is 0 Å². The highest BCUT2D eigenvalue weighted by atomic mass is 16.8. The maximum atomic E-state index is 5.01. The van der Waals surface area contributed by atoms with Crippen LogP contribution in [-0.2, 0) is 18.9 Å². The number of rotatable bonds is 8. The van der Waals surface area contributed by atoms with Gasteiger partial charge in [-0.05, 0) is 0 Å². The van der Waals surface area contributed by atoms with E-state index in [2.05, 4.69) is 9.47 Å². The first-order chi connectivity index (χ1) is 5.41. The fourth-order valence-corrected chi connectivity index (χ4v) is 0.341. The Balaban J connectivity index is 2.69. The van der Waals surface area contributed by atoms with Crippen LogP contribution in [0.15, 0.2) is 0 Å². The van der Waals surface area contributed by atoms with Crippen LogP contribution in [-0.4, -0.2) is 33.8 Å². The molecule has 0 aliphatic rings. The van der Waals surface area contributed by atoms with Crippen molar-refractivity contribution in [2.75, 3.05) is 33.8 Å². The topological polar surface area (TPSA) is 89.0 Å². The third kappa shape index (κ3) is 9.76.